The maximum atomic E-state index is 11.6. The molecule has 1 aliphatic heterocycles. The molecule has 0 spiro atoms. The van der Waals surface area contributed by atoms with Crippen molar-refractivity contribution in [3.8, 4) is 0 Å². The summed E-state index contributed by atoms with van der Waals surface area (Å²) in [6, 6.07) is 7.54. The van der Waals surface area contributed by atoms with Crippen LogP contribution in [0.5, 0.6) is 0 Å². The van der Waals surface area contributed by atoms with E-state index in [1.54, 1.807) is 12.1 Å². The van der Waals surface area contributed by atoms with E-state index in [9.17, 15) is 4.79 Å². The molecular formula is C13H18ClN3O. The van der Waals surface area contributed by atoms with Gasteiger partial charge in [-0.3, -0.25) is 0 Å². The van der Waals surface area contributed by atoms with E-state index in [1.807, 2.05) is 12.1 Å². The van der Waals surface area contributed by atoms with Crippen LogP contribution in [0.15, 0.2) is 24.3 Å². The Morgan fingerprint density at radius 3 is 3.00 bits per heavy atom. The SMILES string of the molecule is O=C(NCC[C@@H]1CCCN1)Nc1ccccc1Cl. The Labute approximate surface area is 112 Å². The minimum absolute atomic E-state index is 0.207. The molecule has 18 heavy (non-hydrogen) atoms. The quantitative estimate of drug-likeness (QED) is 0.785. The molecule has 0 aromatic heterocycles. The van der Waals surface area contributed by atoms with Crippen LogP contribution in [-0.4, -0.2) is 25.2 Å². The average Bonchev–Trinajstić information content (AvgIpc) is 2.85. The molecule has 0 bridgehead atoms. The number of urea groups is 1. The Balaban J connectivity index is 1.70. The molecule has 3 N–H and O–H groups in total. The van der Waals surface area contributed by atoms with Crippen molar-refractivity contribution in [3.05, 3.63) is 29.3 Å². The van der Waals surface area contributed by atoms with Crippen LogP contribution in [0.4, 0.5) is 10.5 Å². The second-order valence-electron chi connectivity index (χ2n) is 4.44. The summed E-state index contributed by atoms with van der Waals surface area (Å²) in [6.45, 7) is 1.77. The molecular weight excluding hydrogens is 250 g/mol. The van der Waals surface area contributed by atoms with Gasteiger partial charge in [-0.25, -0.2) is 4.79 Å². The highest BCUT2D eigenvalue weighted by Gasteiger charge is 2.13. The van der Waals surface area contributed by atoms with Crippen molar-refractivity contribution in [2.45, 2.75) is 25.3 Å². The summed E-state index contributed by atoms with van der Waals surface area (Å²) in [5.74, 6) is 0. The fourth-order valence-electron chi connectivity index (χ4n) is 2.09. The van der Waals surface area contributed by atoms with E-state index < -0.39 is 0 Å². The van der Waals surface area contributed by atoms with Crippen molar-refractivity contribution in [1.82, 2.24) is 10.6 Å². The van der Waals surface area contributed by atoms with E-state index in [1.165, 1.54) is 12.8 Å². The zero-order chi connectivity index (χ0) is 12.8. The van der Waals surface area contributed by atoms with Crippen molar-refractivity contribution in [2.24, 2.45) is 0 Å². The van der Waals surface area contributed by atoms with Crippen molar-refractivity contribution in [3.63, 3.8) is 0 Å². The lowest BCUT2D eigenvalue weighted by atomic mass is 10.1. The van der Waals surface area contributed by atoms with Gasteiger partial charge in [0.15, 0.2) is 0 Å². The molecule has 1 saturated heterocycles. The Hall–Kier alpha value is -1.26. The van der Waals surface area contributed by atoms with Gasteiger partial charge < -0.3 is 16.0 Å². The Morgan fingerprint density at radius 1 is 1.44 bits per heavy atom. The molecule has 0 saturated carbocycles. The van der Waals surface area contributed by atoms with Crippen molar-refractivity contribution < 1.29 is 4.79 Å². The predicted molar refractivity (Wildman–Crippen MR) is 74.1 cm³/mol. The Bertz CT molecular complexity index is 405. The molecule has 1 atom stereocenters. The number of carbonyl (C=O) groups is 1. The zero-order valence-electron chi connectivity index (χ0n) is 10.2. The Morgan fingerprint density at radius 2 is 2.28 bits per heavy atom. The molecule has 1 heterocycles. The third kappa shape index (κ3) is 3.89. The highest BCUT2D eigenvalue weighted by atomic mass is 35.5. The molecule has 1 aromatic carbocycles. The first-order valence-electron chi connectivity index (χ1n) is 6.28. The van der Waals surface area contributed by atoms with E-state index >= 15 is 0 Å². The second kappa shape index (κ2) is 6.61. The molecule has 1 aliphatic rings. The Kier molecular flexibility index (Phi) is 4.84. The average molecular weight is 268 g/mol. The fourth-order valence-corrected chi connectivity index (χ4v) is 2.28. The molecule has 4 nitrogen and oxygen atoms in total. The van der Waals surface area contributed by atoms with Crippen LogP contribution in [0, 0.1) is 0 Å². The van der Waals surface area contributed by atoms with Gasteiger partial charge in [-0.2, -0.15) is 0 Å². The number of hydrogen-bond acceptors (Lipinski definition) is 2. The van der Waals surface area contributed by atoms with Crippen LogP contribution >= 0.6 is 11.6 Å². The van der Waals surface area contributed by atoms with Gasteiger partial charge in [0.1, 0.15) is 0 Å². The topological polar surface area (TPSA) is 53.2 Å². The molecule has 5 heteroatoms. The molecule has 0 radical (unpaired) electrons. The lowest BCUT2D eigenvalue weighted by Crippen LogP contribution is -2.33. The largest absolute Gasteiger partial charge is 0.338 e. The van der Waals surface area contributed by atoms with Crippen LogP contribution in [0.3, 0.4) is 0 Å². The van der Waals surface area contributed by atoms with Gasteiger partial charge in [0, 0.05) is 12.6 Å². The summed E-state index contributed by atoms with van der Waals surface area (Å²) in [7, 11) is 0. The number of anilines is 1. The van der Waals surface area contributed by atoms with E-state index in [4.69, 9.17) is 11.6 Å². The number of carbonyl (C=O) groups excluding carboxylic acids is 1. The molecule has 0 unspecified atom stereocenters. The van der Waals surface area contributed by atoms with Gasteiger partial charge in [-0.05, 0) is 37.9 Å². The number of benzene rings is 1. The first-order valence-corrected chi connectivity index (χ1v) is 6.66. The molecule has 1 fully saturated rings. The van der Waals surface area contributed by atoms with Gasteiger partial charge in [0.05, 0.1) is 10.7 Å². The van der Waals surface area contributed by atoms with Crippen molar-refractivity contribution in [1.29, 1.82) is 0 Å². The zero-order valence-corrected chi connectivity index (χ0v) is 11.0. The predicted octanol–water partition coefficient (Wildman–Crippen LogP) is 2.60. The van der Waals surface area contributed by atoms with Crippen LogP contribution < -0.4 is 16.0 Å². The second-order valence-corrected chi connectivity index (χ2v) is 4.85. The lowest BCUT2D eigenvalue weighted by molar-refractivity contribution is 0.251. The number of hydrogen-bond donors (Lipinski definition) is 3. The minimum Gasteiger partial charge on any atom is -0.338 e. The molecule has 1 aromatic rings. The maximum absolute atomic E-state index is 11.6. The van der Waals surface area contributed by atoms with E-state index in [-0.39, 0.29) is 6.03 Å². The highest BCUT2D eigenvalue weighted by molar-refractivity contribution is 6.33. The number of rotatable bonds is 4. The highest BCUT2D eigenvalue weighted by Crippen LogP contribution is 2.20. The molecule has 2 amide bonds. The molecule has 0 aliphatic carbocycles. The normalized spacial score (nSPS) is 18.6. The van der Waals surface area contributed by atoms with Gasteiger partial charge in [0.25, 0.3) is 0 Å². The molecule has 98 valence electrons. The van der Waals surface area contributed by atoms with Gasteiger partial charge in [-0.1, -0.05) is 23.7 Å². The monoisotopic (exact) mass is 267 g/mol. The van der Waals surface area contributed by atoms with Gasteiger partial charge in [-0.15, -0.1) is 0 Å². The third-order valence-electron chi connectivity index (χ3n) is 3.06. The van der Waals surface area contributed by atoms with E-state index in [0.717, 1.165) is 13.0 Å². The summed E-state index contributed by atoms with van der Waals surface area (Å²) >= 11 is 5.95. The number of amides is 2. The van der Waals surface area contributed by atoms with Crippen LogP contribution in [0.25, 0.3) is 0 Å². The first kappa shape index (κ1) is 13.2. The maximum Gasteiger partial charge on any atom is 0.319 e. The van der Waals surface area contributed by atoms with Crippen molar-refractivity contribution >= 4 is 23.3 Å². The summed E-state index contributed by atoms with van der Waals surface area (Å²) in [5.41, 5.74) is 0.635. The standard InChI is InChI=1S/C13H18ClN3O/c14-11-5-1-2-6-12(11)17-13(18)16-9-7-10-4-3-8-15-10/h1-2,5-6,10,15H,3-4,7-9H2,(H2,16,17,18)/t10-/m0/s1. The van der Waals surface area contributed by atoms with Crippen molar-refractivity contribution in [2.75, 3.05) is 18.4 Å². The smallest absolute Gasteiger partial charge is 0.319 e. The minimum atomic E-state index is -0.207. The summed E-state index contributed by atoms with van der Waals surface area (Å²) in [4.78, 5) is 11.6. The number of para-hydroxylation sites is 1. The lowest BCUT2D eigenvalue weighted by Gasteiger charge is -2.12. The van der Waals surface area contributed by atoms with Crippen LogP contribution in [0.2, 0.25) is 5.02 Å². The summed E-state index contributed by atoms with van der Waals surface area (Å²) in [6.07, 6.45) is 3.40. The number of nitrogens with one attached hydrogen (secondary N) is 3. The first-order chi connectivity index (χ1) is 8.75. The summed E-state index contributed by atoms with van der Waals surface area (Å²) < 4.78 is 0. The van der Waals surface area contributed by atoms with E-state index in [2.05, 4.69) is 16.0 Å². The number of halogens is 1. The third-order valence-corrected chi connectivity index (χ3v) is 3.39. The van der Waals surface area contributed by atoms with Gasteiger partial charge >= 0.3 is 6.03 Å². The van der Waals surface area contributed by atoms with E-state index in [0.29, 0.717) is 23.3 Å². The fraction of sp³-hybridized carbons (Fsp3) is 0.462. The molecule has 2 rings (SSSR count). The van der Waals surface area contributed by atoms with Crippen LogP contribution in [0.1, 0.15) is 19.3 Å². The van der Waals surface area contributed by atoms with Gasteiger partial charge in [0.2, 0.25) is 0 Å². The summed E-state index contributed by atoms with van der Waals surface area (Å²) in [5, 5.41) is 9.51. The van der Waals surface area contributed by atoms with Crippen LogP contribution in [-0.2, 0) is 0 Å².